The van der Waals surface area contributed by atoms with E-state index in [2.05, 4.69) is 9.88 Å². The summed E-state index contributed by atoms with van der Waals surface area (Å²) in [5.74, 6) is 2.19. The average molecular weight is 379 g/mol. The number of carbonyl (C=O) groups excluding carboxylic acids is 1. The minimum Gasteiger partial charge on any atom is -0.465 e. The molecule has 2 aliphatic rings. The van der Waals surface area contributed by atoms with Gasteiger partial charge in [0.25, 0.3) is 0 Å². The van der Waals surface area contributed by atoms with E-state index in [0.717, 1.165) is 47.8 Å². The van der Waals surface area contributed by atoms with E-state index in [4.69, 9.17) is 16.3 Å². The number of hydrogen-bond acceptors (Lipinski definition) is 6. The smallest absolute Gasteiger partial charge is 0.348 e. The largest absolute Gasteiger partial charge is 0.465 e. The van der Waals surface area contributed by atoms with Crippen molar-refractivity contribution < 1.29 is 14.6 Å². The van der Waals surface area contributed by atoms with E-state index in [0.29, 0.717) is 20.3 Å². The second kappa shape index (κ2) is 6.27. The zero-order chi connectivity index (χ0) is 17.7. The molecule has 1 aliphatic carbocycles. The topological polar surface area (TPSA) is 62.7 Å². The quantitative estimate of drug-likeness (QED) is 0.826. The van der Waals surface area contributed by atoms with E-state index in [-0.39, 0.29) is 0 Å². The number of fused-ring (bicyclic) bond motifs is 1. The lowest BCUT2D eigenvalue weighted by molar-refractivity contribution is 0.0606. The van der Waals surface area contributed by atoms with E-state index in [1.165, 1.54) is 13.5 Å². The van der Waals surface area contributed by atoms with Crippen LogP contribution in [0.4, 0.5) is 5.82 Å². The van der Waals surface area contributed by atoms with Gasteiger partial charge >= 0.3 is 5.97 Å². The van der Waals surface area contributed by atoms with Crippen LogP contribution in [0, 0.1) is 18.8 Å². The Morgan fingerprint density at radius 2 is 2.12 bits per heavy atom. The Balaban J connectivity index is 1.58. The number of rotatable bonds is 4. The van der Waals surface area contributed by atoms with Gasteiger partial charge in [-0.15, -0.1) is 11.3 Å². The van der Waals surface area contributed by atoms with Gasteiger partial charge in [-0.1, -0.05) is 17.7 Å². The van der Waals surface area contributed by atoms with Crippen LogP contribution in [0.15, 0.2) is 18.2 Å². The van der Waals surface area contributed by atoms with Crippen molar-refractivity contribution in [3.05, 3.63) is 44.2 Å². The summed E-state index contributed by atoms with van der Waals surface area (Å²) < 4.78 is 5.10. The molecule has 1 saturated heterocycles. The second-order valence-corrected chi connectivity index (χ2v) is 8.39. The van der Waals surface area contributed by atoms with Crippen LogP contribution >= 0.6 is 22.9 Å². The molecule has 2 fully saturated rings. The van der Waals surface area contributed by atoms with Crippen molar-refractivity contribution in [1.29, 1.82) is 0 Å². The molecule has 3 unspecified atom stereocenters. The zero-order valence-electron chi connectivity index (χ0n) is 14.0. The van der Waals surface area contributed by atoms with E-state index in [1.807, 2.05) is 19.1 Å². The molecular formula is C18H19ClN2O3S. The van der Waals surface area contributed by atoms with Crippen LogP contribution in [0.3, 0.4) is 0 Å². The van der Waals surface area contributed by atoms with Gasteiger partial charge in [0.1, 0.15) is 16.8 Å². The number of pyridine rings is 1. The SMILES string of the molecule is COC(=O)c1cc(C(O)c2ccc(N3CC4CC4C3)nc2C)c(Cl)s1. The van der Waals surface area contributed by atoms with Crippen molar-refractivity contribution in [2.24, 2.45) is 11.8 Å². The molecule has 2 aromatic rings. The minimum atomic E-state index is -0.921. The second-order valence-electron chi connectivity index (χ2n) is 6.74. The number of methoxy groups -OCH3 is 1. The highest BCUT2D eigenvalue weighted by Crippen LogP contribution is 2.46. The Morgan fingerprint density at radius 3 is 2.76 bits per heavy atom. The number of thiophene rings is 1. The first-order chi connectivity index (χ1) is 12.0. The van der Waals surface area contributed by atoms with Crippen LogP contribution < -0.4 is 4.90 Å². The normalized spacial score (nSPS) is 22.6. The third-order valence-electron chi connectivity index (χ3n) is 5.10. The van der Waals surface area contributed by atoms with Gasteiger partial charge in [0.2, 0.25) is 0 Å². The molecule has 0 aromatic carbocycles. The number of anilines is 1. The number of hydrogen-bond donors (Lipinski definition) is 1. The third kappa shape index (κ3) is 3.03. The number of carbonyl (C=O) groups is 1. The Hall–Kier alpha value is -1.63. The monoisotopic (exact) mass is 378 g/mol. The van der Waals surface area contributed by atoms with Gasteiger partial charge < -0.3 is 14.7 Å². The van der Waals surface area contributed by atoms with Gasteiger partial charge in [-0.2, -0.15) is 0 Å². The van der Waals surface area contributed by atoms with Gasteiger partial charge in [-0.25, -0.2) is 9.78 Å². The molecule has 2 aromatic heterocycles. The predicted molar refractivity (Wildman–Crippen MR) is 97.5 cm³/mol. The molecule has 0 spiro atoms. The van der Waals surface area contributed by atoms with Crippen LogP contribution in [0.1, 0.15) is 39.0 Å². The Labute approximate surface area is 155 Å². The van der Waals surface area contributed by atoms with Gasteiger partial charge in [-0.05, 0) is 37.3 Å². The van der Waals surface area contributed by atoms with E-state index in [1.54, 1.807) is 6.07 Å². The van der Waals surface area contributed by atoms with Crippen molar-refractivity contribution in [2.75, 3.05) is 25.1 Å². The first-order valence-electron chi connectivity index (χ1n) is 8.26. The van der Waals surface area contributed by atoms with Gasteiger partial charge in [-0.3, -0.25) is 0 Å². The highest BCUT2D eigenvalue weighted by atomic mass is 35.5. The number of piperidine rings is 1. The lowest BCUT2D eigenvalue weighted by Gasteiger charge is -2.21. The Bertz CT molecular complexity index is 828. The van der Waals surface area contributed by atoms with Crippen LogP contribution in [-0.4, -0.2) is 36.3 Å². The first kappa shape index (κ1) is 16.8. The van der Waals surface area contributed by atoms with E-state index < -0.39 is 12.1 Å². The van der Waals surface area contributed by atoms with Crippen LogP contribution in [0.2, 0.25) is 4.34 Å². The van der Waals surface area contributed by atoms with Crippen LogP contribution in [0.25, 0.3) is 0 Å². The first-order valence-corrected chi connectivity index (χ1v) is 9.45. The summed E-state index contributed by atoms with van der Waals surface area (Å²) in [6.07, 6.45) is 0.432. The number of aliphatic hydroxyl groups is 1. The molecule has 132 valence electrons. The summed E-state index contributed by atoms with van der Waals surface area (Å²) in [6.45, 7) is 4.05. The molecule has 0 amide bonds. The predicted octanol–water partition coefficient (Wildman–Crippen LogP) is 3.43. The average Bonchev–Trinajstić information content (AvgIpc) is 3.03. The van der Waals surface area contributed by atoms with Crippen molar-refractivity contribution in [3.63, 3.8) is 0 Å². The summed E-state index contributed by atoms with van der Waals surface area (Å²) in [5.41, 5.74) is 1.98. The van der Waals surface area contributed by atoms with Gasteiger partial charge in [0.15, 0.2) is 0 Å². The molecule has 1 saturated carbocycles. The fourth-order valence-electron chi connectivity index (χ4n) is 3.55. The molecule has 1 aliphatic heterocycles. The summed E-state index contributed by atoms with van der Waals surface area (Å²) in [5, 5.41) is 10.7. The minimum absolute atomic E-state index is 0.375. The number of nitrogens with zero attached hydrogens (tertiary/aromatic N) is 2. The summed E-state index contributed by atoms with van der Waals surface area (Å²) in [7, 11) is 1.32. The van der Waals surface area contributed by atoms with Crippen molar-refractivity contribution in [1.82, 2.24) is 4.98 Å². The van der Waals surface area contributed by atoms with Crippen LogP contribution in [0.5, 0.6) is 0 Å². The van der Waals surface area contributed by atoms with Crippen molar-refractivity contribution in [2.45, 2.75) is 19.4 Å². The summed E-state index contributed by atoms with van der Waals surface area (Å²) in [6, 6.07) is 5.45. The molecule has 4 rings (SSSR count). The molecule has 1 N–H and O–H groups in total. The number of halogens is 1. The molecule has 25 heavy (non-hydrogen) atoms. The highest BCUT2D eigenvalue weighted by molar-refractivity contribution is 7.18. The summed E-state index contributed by atoms with van der Waals surface area (Å²) in [4.78, 5) is 19.0. The highest BCUT2D eigenvalue weighted by Gasteiger charge is 2.45. The maximum absolute atomic E-state index is 11.7. The standard InChI is InChI=1S/C18H19ClN2O3S/c1-9-12(3-4-15(20-9)21-7-10-5-11(10)8-21)16(22)13-6-14(18(23)24-2)25-17(13)19/h3-4,6,10-11,16,22H,5,7-8H2,1-2H3. The lowest BCUT2D eigenvalue weighted by atomic mass is 10.0. The van der Waals surface area contributed by atoms with Gasteiger partial charge in [0, 0.05) is 29.9 Å². The number of aryl methyl sites for hydroxylation is 1. The Morgan fingerprint density at radius 1 is 1.40 bits per heavy atom. The number of aliphatic hydroxyl groups excluding tert-OH is 1. The van der Waals surface area contributed by atoms with E-state index in [9.17, 15) is 9.90 Å². The summed E-state index contributed by atoms with van der Waals surface area (Å²) >= 11 is 7.33. The number of aromatic nitrogens is 1. The fraction of sp³-hybridized carbons (Fsp3) is 0.444. The molecular weight excluding hydrogens is 360 g/mol. The number of ether oxygens (including phenoxy) is 1. The maximum Gasteiger partial charge on any atom is 0.348 e. The number of esters is 1. The molecule has 3 heterocycles. The molecule has 7 heteroatoms. The molecule has 0 bridgehead atoms. The van der Waals surface area contributed by atoms with Gasteiger partial charge in [0.05, 0.1) is 11.4 Å². The molecule has 5 nitrogen and oxygen atoms in total. The molecule has 0 radical (unpaired) electrons. The molecule has 3 atom stereocenters. The zero-order valence-corrected chi connectivity index (χ0v) is 15.6. The Kier molecular flexibility index (Phi) is 4.22. The third-order valence-corrected chi connectivity index (χ3v) is 6.47. The lowest BCUT2D eigenvalue weighted by Crippen LogP contribution is -2.23. The fourth-order valence-corrected chi connectivity index (χ4v) is 4.79. The van der Waals surface area contributed by atoms with E-state index >= 15 is 0 Å². The van der Waals surface area contributed by atoms with Crippen molar-refractivity contribution >= 4 is 34.7 Å². The van der Waals surface area contributed by atoms with Crippen molar-refractivity contribution in [3.8, 4) is 0 Å². The maximum atomic E-state index is 11.7. The van der Waals surface area contributed by atoms with Crippen LogP contribution in [-0.2, 0) is 4.74 Å².